The van der Waals surface area contributed by atoms with Gasteiger partial charge in [0.1, 0.15) is 5.78 Å². The molecule has 6 rings (SSSR count). The van der Waals surface area contributed by atoms with E-state index in [2.05, 4.69) is 71.7 Å². The minimum atomic E-state index is -1.62. The number of Topliss-reactive ketones (excluding diaryl/α,β-unsaturated/α-hetero) is 1. The normalized spacial score (nSPS) is 17.5. The van der Waals surface area contributed by atoms with Crippen molar-refractivity contribution in [3.63, 3.8) is 0 Å². The van der Waals surface area contributed by atoms with Crippen molar-refractivity contribution in [1.82, 2.24) is 19.9 Å². The molecule has 0 spiro atoms. The second kappa shape index (κ2) is 24.2. The molecular weight excluding hydrogens is 847 g/mol. The summed E-state index contributed by atoms with van der Waals surface area (Å²) >= 11 is -1.62. The van der Waals surface area contributed by atoms with Crippen LogP contribution >= 0.6 is 0 Å². The van der Waals surface area contributed by atoms with Crippen molar-refractivity contribution in [3.8, 4) is 0 Å². The zero-order valence-electron chi connectivity index (χ0n) is 37.2. The topological polar surface area (TPSA) is 242 Å². The van der Waals surface area contributed by atoms with Gasteiger partial charge in [-0.1, -0.05) is 41.5 Å². The third kappa shape index (κ3) is 17.7. The molecule has 334 valence electrons. The van der Waals surface area contributed by atoms with Crippen LogP contribution in [-0.2, 0) is 42.9 Å². The third-order valence-electron chi connectivity index (χ3n) is 11.1. The van der Waals surface area contributed by atoms with E-state index >= 15 is 0 Å². The molecule has 0 saturated carbocycles. The summed E-state index contributed by atoms with van der Waals surface area (Å²) in [5.41, 5.74) is 8.19. The Morgan fingerprint density at radius 3 is 1.69 bits per heavy atom. The first-order valence-electron chi connectivity index (χ1n) is 20.3. The number of aryl methyl sites for hydroxylation is 2. The molecule has 0 bridgehead atoms. The van der Waals surface area contributed by atoms with Gasteiger partial charge in [-0.05, 0) is 98.9 Å². The molecule has 0 aliphatic carbocycles. The van der Waals surface area contributed by atoms with E-state index in [1.165, 1.54) is 24.0 Å². The maximum atomic E-state index is 11.2. The fourth-order valence-electron chi connectivity index (χ4n) is 7.64. The number of hydrogen-bond donors (Lipinski definition) is 4. The third-order valence-corrected chi connectivity index (χ3v) is 11.1. The van der Waals surface area contributed by atoms with Gasteiger partial charge in [-0.15, -0.1) is 0 Å². The Morgan fingerprint density at radius 1 is 0.836 bits per heavy atom. The molecule has 17 heteroatoms. The second-order valence-corrected chi connectivity index (χ2v) is 18.1. The van der Waals surface area contributed by atoms with Gasteiger partial charge in [0, 0.05) is 87.8 Å². The van der Waals surface area contributed by atoms with Crippen molar-refractivity contribution < 1.29 is 27.1 Å². The van der Waals surface area contributed by atoms with Crippen LogP contribution in [0.4, 0.5) is 0 Å². The number of H-pyrrole nitrogens is 4. The average molecular weight is 912 g/mol. The fourth-order valence-corrected chi connectivity index (χ4v) is 7.64. The van der Waals surface area contributed by atoms with Crippen molar-refractivity contribution in [2.45, 2.75) is 132 Å². The quantitative estimate of drug-likeness (QED) is 0.0419. The number of aromatic nitrogens is 4. The number of aromatic amines is 4. The van der Waals surface area contributed by atoms with Gasteiger partial charge in [0.2, 0.25) is 12.6 Å². The maximum absolute atomic E-state index is 11.2. The molecule has 4 N–H and O–H groups in total. The van der Waals surface area contributed by atoms with Gasteiger partial charge < -0.3 is 24.7 Å². The Labute approximate surface area is 364 Å². The number of carbonyl (C=O) groups is 2. The summed E-state index contributed by atoms with van der Waals surface area (Å²) in [7, 11) is 0. The van der Waals surface area contributed by atoms with Gasteiger partial charge in [0.25, 0.3) is 0 Å². The predicted octanol–water partition coefficient (Wildman–Crippen LogP) is 7.85. The molecule has 6 heterocycles. The van der Waals surface area contributed by atoms with Crippen molar-refractivity contribution >= 4 is 38.3 Å². The van der Waals surface area contributed by atoms with E-state index < -0.39 is 26.3 Å². The molecule has 4 aromatic heterocycles. The predicted molar refractivity (Wildman–Crippen MR) is 237 cm³/mol. The van der Waals surface area contributed by atoms with Crippen LogP contribution in [0.5, 0.6) is 0 Å². The summed E-state index contributed by atoms with van der Waals surface area (Å²) in [6.45, 7) is 20.0. The Hall–Kier alpha value is -5.28. The summed E-state index contributed by atoms with van der Waals surface area (Å²) in [5, 5.41) is 21.2. The number of carbonyl (C=O) groups excluding carboxylic acids is 2. The Kier molecular flexibility index (Phi) is 20.6. The van der Waals surface area contributed by atoms with Crippen LogP contribution in [-0.4, -0.2) is 92.8 Å². The molecule has 0 radical (unpaired) electrons. The number of nitro groups is 2. The van der Waals surface area contributed by atoms with E-state index in [1.54, 1.807) is 26.2 Å². The van der Waals surface area contributed by atoms with Crippen LogP contribution in [0.3, 0.4) is 0 Å². The van der Waals surface area contributed by atoms with Gasteiger partial charge in [0.05, 0.1) is 30.6 Å². The molecular formula is C44H64N8O8Se. The van der Waals surface area contributed by atoms with Crippen LogP contribution in [0.1, 0.15) is 109 Å². The molecule has 2 aliphatic rings. The summed E-state index contributed by atoms with van der Waals surface area (Å²) in [6, 6.07) is 11.9. The van der Waals surface area contributed by atoms with Crippen molar-refractivity contribution in [3.05, 3.63) is 115 Å². The number of nitrogens with one attached hydrogen (secondary N) is 4. The van der Waals surface area contributed by atoms with Gasteiger partial charge in [-0.3, -0.25) is 35.0 Å². The first kappa shape index (κ1) is 51.9. The van der Waals surface area contributed by atoms with Crippen LogP contribution in [0.25, 0.3) is 0 Å². The Balaban J connectivity index is 0.000000277. The molecule has 16 nitrogen and oxygen atoms in total. The SMILES string of the molecule is CC(=O)CC(C)(C)C(Cc1[nH]ccc1C)[N+](=O)[O-].CC1(C)CC(C=O)=NC1Cc1ccc[nH]1.CC1=NC(Cc2ccc[nH]2)C(C)(C)C1.Cc1cc[nH]c1CC[N+](=O)[O-].O=[Se]=O. The number of aliphatic imine (C=N–C) groups is 2. The molecule has 0 amide bonds. The molecule has 3 atom stereocenters. The zero-order valence-corrected chi connectivity index (χ0v) is 38.9. The van der Waals surface area contributed by atoms with Crippen LogP contribution in [0.15, 0.2) is 71.2 Å². The summed E-state index contributed by atoms with van der Waals surface area (Å²) in [6.07, 6.45) is 13.3. The number of rotatable bonds is 14. The van der Waals surface area contributed by atoms with Crippen LogP contribution in [0, 0.1) is 50.3 Å². The van der Waals surface area contributed by atoms with E-state index in [0.29, 0.717) is 30.0 Å². The van der Waals surface area contributed by atoms with E-state index in [9.17, 15) is 29.8 Å². The molecule has 0 saturated heterocycles. The standard InChI is InChI=1S/C13H20N2O3.C12H16N2O.C12H18N2.C7H10N2O2.O2Se/c1-9-5-6-14-11(9)7-12(15(17)18)13(3,4)8-10(2)16;1-12(2)7-10(8-15)14-11(12)6-9-4-3-5-13-9;1-9-8-12(2,3)11(14-9)7-10-5-4-6-13-10;1-6-2-4-8-7(6)3-5-9(10)11;1-3-2/h5-6,12,14H,7-8H2,1-4H3;3-5,8,11,13H,6-7H2,1-2H3;4-6,11,13H,7-8H2,1-3H3;2,4,8H,3,5H2,1H3;. The van der Waals surface area contributed by atoms with Gasteiger partial charge >= 0.3 is 22.5 Å². The summed E-state index contributed by atoms with van der Waals surface area (Å²) in [4.78, 5) is 64.2. The Morgan fingerprint density at radius 2 is 1.33 bits per heavy atom. The molecule has 61 heavy (non-hydrogen) atoms. The zero-order chi connectivity index (χ0) is 46.0. The van der Waals surface area contributed by atoms with Crippen molar-refractivity contribution in [1.29, 1.82) is 0 Å². The summed E-state index contributed by atoms with van der Waals surface area (Å²) < 4.78 is 16.9. The van der Waals surface area contributed by atoms with E-state index in [0.717, 1.165) is 54.5 Å². The number of ketones is 1. The minimum absolute atomic E-state index is 0.00134. The van der Waals surface area contributed by atoms with E-state index in [-0.39, 0.29) is 40.1 Å². The Bertz CT molecular complexity index is 2090. The van der Waals surface area contributed by atoms with Crippen LogP contribution in [0.2, 0.25) is 0 Å². The molecule has 3 unspecified atom stereocenters. The number of nitrogens with zero attached hydrogens (tertiary/aromatic N) is 4. The average Bonchev–Trinajstić information content (AvgIpc) is 4.02. The van der Waals surface area contributed by atoms with E-state index in [1.807, 2.05) is 50.5 Å². The first-order valence-corrected chi connectivity index (χ1v) is 21.7. The van der Waals surface area contributed by atoms with Crippen molar-refractivity contribution in [2.75, 3.05) is 6.54 Å². The first-order chi connectivity index (χ1) is 28.5. The molecule has 2 aliphatic heterocycles. The van der Waals surface area contributed by atoms with E-state index in [4.69, 9.17) is 12.7 Å². The van der Waals surface area contributed by atoms with Gasteiger partial charge in [0.15, 0.2) is 6.29 Å². The summed E-state index contributed by atoms with van der Waals surface area (Å²) in [5.74, 6) is -0.0185. The van der Waals surface area contributed by atoms with Gasteiger partial charge in [-0.2, -0.15) is 0 Å². The fraction of sp³-hybridized carbons (Fsp3) is 0.545. The molecule has 4 aromatic rings. The molecule has 0 fully saturated rings. The monoisotopic (exact) mass is 912 g/mol. The van der Waals surface area contributed by atoms with Crippen molar-refractivity contribution in [2.24, 2.45) is 26.2 Å². The molecule has 0 aromatic carbocycles. The van der Waals surface area contributed by atoms with Crippen LogP contribution < -0.4 is 0 Å². The second-order valence-electron chi connectivity index (χ2n) is 17.8. The van der Waals surface area contributed by atoms with Gasteiger partial charge in [-0.25, -0.2) is 0 Å². The number of aldehydes is 1. The number of hydrogen-bond acceptors (Lipinski definition) is 10.